The zero-order valence-electron chi connectivity index (χ0n) is 9.90. The molecule has 0 aliphatic heterocycles. The Bertz CT molecular complexity index is 458. The third-order valence-electron chi connectivity index (χ3n) is 2.30. The first kappa shape index (κ1) is 13.0. The molecule has 17 heavy (non-hydrogen) atoms. The number of allylic oxidation sites excluding steroid dienone is 1. The quantitative estimate of drug-likeness (QED) is 0.428. The predicted molar refractivity (Wildman–Crippen MR) is 66.1 cm³/mol. The second kappa shape index (κ2) is 6.49. The molecule has 0 aliphatic carbocycles. The Hall–Kier alpha value is -2.08. The molecule has 0 atom stereocenters. The van der Waals surface area contributed by atoms with E-state index in [0.717, 1.165) is 12.8 Å². The van der Waals surface area contributed by atoms with Crippen LogP contribution in [0.3, 0.4) is 0 Å². The van der Waals surface area contributed by atoms with Crippen LogP contribution in [0.15, 0.2) is 30.9 Å². The number of hydrogen-bond donors (Lipinski definition) is 0. The standard InChI is InChI=1S/C14H15NO2/c1-3-4-5-8-17-14-9-12(10-15)6-7-13(14)11(2)16/h3,6-7,9H,1,4-5,8H2,2H3. The summed E-state index contributed by atoms with van der Waals surface area (Å²) in [5.74, 6) is 0.425. The molecule has 0 radical (unpaired) electrons. The monoisotopic (exact) mass is 229 g/mol. The minimum atomic E-state index is -0.0618. The van der Waals surface area contributed by atoms with E-state index in [1.165, 1.54) is 6.92 Å². The lowest BCUT2D eigenvalue weighted by molar-refractivity contribution is 0.101. The van der Waals surface area contributed by atoms with Crippen LogP contribution in [0.2, 0.25) is 0 Å². The summed E-state index contributed by atoms with van der Waals surface area (Å²) < 4.78 is 5.52. The maximum Gasteiger partial charge on any atom is 0.163 e. The number of ketones is 1. The molecule has 0 amide bonds. The molecule has 3 nitrogen and oxygen atoms in total. The van der Waals surface area contributed by atoms with E-state index >= 15 is 0 Å². The van der Waals surface area contributed by atoms with Gasteiger partial charge >= 0.3 is 0 Å². The first-order valence-corrected chi connectivity index (χ1v) is 5.48. The summed E-state index contributed by atoms with van der Waals surface area (Å²) in [5.41, 5.74) is 1.01. The summed E-state index contributed by atoms with van der Waals surface area (Å²) >= 11 is 0. The number of hydrogen-bond acceptors (Lipinski definition) is 3. The molecule has 0 aromatic heterocycles. The molecule has 0 N–H and O–H groups in total. The summed E-state index contributed by atoms with van der Waals surface area (Å²) in [4.78, 5) is 11.4. The normalized spacial score (nSPS) is 9.41. The van der Waals surface area contributed by atoms with Crippen molar-refractivity contribution in [3.63, 3.8) is 0 Å². The molecule has 0 saturated carbocycles. The van der Waals surface area contributed by atoms with Gasteiger partial charge in [0.25, 0.3) is 0 Å². The Morgan fingerprint density at radius 3 is 2.94 bits per heavy atom. The van der Waals surface area contributed by atoms with Crippen LogP contribution in [-0.2, 0) is 0 Å². The van der Waals surface area contributed by atoms with Gasteiger partial charge in [-0.2, -0.15) is 5.26 Å². The summed E-state index contributed by atoms with van der Waals surface area (Å²) in [7, 11) is 0. The van der Waals surface area contributed by atoms with Gasteiger partial charge in [-0.3, -0.25) is 4.79 Å². The SMILES string of the molecule is C=CCCCOc1cc(C#N)ccc1C(C)=O. The highest BCUT2D eigenvalue weighted by Crippen LogP contribution is 2.21. The van der Waals surface area contributed by atoms with Gasteiger partial charge < -0.3 is 4.74 Å². The van der Waals surface area contributed by atoms with Crippen LogP contribution in [0.5, 0.6) is 5.75 Å². The Balaban J connectivity index is 2.82. The third-order valence-corrected chi connectivity index (χ3v) is 2.30. The molecule has 0 fully saturated rings. The highest BCUT2D eigenvalue weighted by molar-refractivity contribution is 5.97. The van der Waals surface area contributed by atoms with Crippen molar-refractivity contribution in [2.45, 2.75) is 19.8 Å². The molecule has 1 aromatic carbocycles. The van der Waals surface area contributed by atoms with Gasteiger partial charge in [-0.15, -0.1) is 6.58 Å². The average molecular weight is 229 g/mol. The third kappa shape index (κ3) is 3.76. The van der Waals surface area contributed by atoms with E-state index in [0.29, 0.717) is 23.5 Å². The second-order valence-electron chi connectivity index (χ2n) is 3.66. The fraction of sp³-hybridized carbons (Fsp3) is 0.286. The Morgan fingerprint density at radius 1 is 1.59 bits per heavy atom. The van der Waals surface area contributed by atoms with E-state index in [4.69, 9.17) is 10.00 Å². The number of Topliss-reactive ketones (excluding diaryl/α,β-unsaturated/α-hetero) is 1. The lowest BCUT2D eigenvalue weighted by Gasteiger charge is -2.09. The lowest BCUT2D eigenvalue weighted by Crippen LogP contribution is -2.03. The Labute approximate surface area is 101 Å². The number of benzene rings is 1. The molecule has 0 unspecified atom stereocenters. The van der Waals surface area contributed by atoms with Crippen molar-refractivity contribution in [1.29, 1.82) is 5.26 Å². The number of unbranched alkanes of at least 4 members (excludes halogenated alkanes) is 1. The van der Waals surface area contributed by atoms with E-state index in [1.54, 1.807) is 18.2 Å². The molecular formula is C14H15NO2. The smallest absolute Gasteiger partial charge is 0.163 e. The van der Waals surface area contributed by atoms with Crippen LogP contribution >= 0.6 is 0 Å². The van der Waals surface area contributed by atoms with E-state index in [2.05, 4.69) is 6.58 Å². The topological polar surface area (TPSA) is 50.1 Å². The molecule has 0 bridgehead atoms. The predicted octanol–water partition coefficient (Wildman–Crippen LogP) is 3.11. The van der Waals surface area contributed by atoms with Crippen molar-refractivity contribution in [1.82, 2.24) is 0 Å². The van der Waals surface area contributed by atoms with Gasteiger partial charge in [-0.05, 0) is 38.0 Å². The molecule has 3 heteroatoms. The number of carbonyl (C=O) groups is 1. The van der Waals surface area contributed by atoms with Gasteiger partial charge in [-0.25, -0.2) is 0 Å². The van der Waals surface area contributed by atoms with E-state index in [1.807, 2.05) is 12.1 Å². The number of nitriles is 1. The fourth-order valence-corrected chi connectivity index (χ4v) is 1.41. The highest BCUT2D eigenvalue weighted by atomic mass is 16.5. The molecule has 1 aromatic rings. The van der Waals surface area contributed by atoms with Crippen molar-refractivity contribution in [3.8, 4) is 11.8 Å². The number of nitrogens with zero attached hydrogens (tertiary/aromatic N) is 1. The van der Waals surface area contributed by atoms with Crippen LogP contribution in [0.25, 0.3) is 0 Å². The van der Waals surface area contributed by atoms with Crippen LogP contribution in [-0.4, -0.2) is 12.4 Å². The van der Waals surface area contributed by atoms with Crippen molar-refractivity contribution < 1.29 is 9.53 Å². The Kier molecular flexibility index (Phi) is 4.96. The van der Waals surface area contributed by atoms with Crippen LogP contribution in [0, 0.1) is 11.3 Å². The van der Waals surface area contributed by atoms with Crippen LogP contribution in [0.4, 0.5) is 0 Å². The minimum Gasteiger partial charge on any atom is -0.493 e. The maximum atomic E-state index is 11.4. The van der Waals surface area contributed by atoms with E-state index in [-0.39, 0.29) is 5.78 Å². The van der Waals surface area contributed by atoms with E-state index in [9.17, 15) is 4.79 Å². The van der Waals surface area contributed by atoms with Crippen molar-refractivity contribution in [3.05, 3.63) is 42.0 Å². The van der Waals surface area contributed by atoms with Crippen LogP contribution in [0.1, 0.15) is 35.7 Å². The first-order chi connectivity index (χ1) is 8.19. The molecular weight excluding hydrogens is 214 g/mol. The van der Waals surface area contributed by atoms with Gasteiger partial charge in [0, 0.05) is 0 Å². The molecule has 0 heterocycles. The molecule has 0 saturated heterocycles. The van der Waals surface area contributed by atoms with E-state index < -0.39 is 0 Å². The van der Waals surface area contributed by atoms with Crippen molar-refractivity contribution >= 4 is 5.78 Å². The molecule has 0 spiro atoms. The molecule has 1 rings (SSSR count). The zero-order chi connectivity index (χ0) is 12.7. The number of ether oxygens (including phenoxy) is 1. The summed E-state index contributed by atoms with van der Waals surface area (Å²) in [6, 6.07) is 6.88. The van der Waals surface area contributed by atoms with Gasteiger partial charge in [0.15, 0.2) is 5.78 Å². The Morgan fingerprint density at radius 2 is 2.35 bits per heavy atom. The van der Waals surface area contributed by atoms with Gasteiger partial charge in [0.1, 0.15) is 5.75 Å². The summed E-state index contributed by atoms with van der Waals surface area (Å²) in [6.07, 6.45) is 3.53. The second-order valence-corrected chi connectivity index (χ2v) is 3.66. The summed E-state index contributed by atoms with van der Waals surface area (Å²) in [5, 5.41) is 8.80. The lowest BCUT2D eigenvalue weighted by atomic mass is 10.1. The molecule has 88 valence electrons. The average Bonchev–Trinajstić information content (AvgIpc) is 2.34. The minimum absolute atomic E-state index is 0.0618. The fourth-order valence-electron chi connectivity index (χ4n) is 1.41. The zero-order valence-corrected chi connectivity index (χ0v) is 9.90. The van der Waals surface area contributed by atoms with Gasteiger partial charge in [0.2, 0.25) is 0 Å². The first-order valence-electron chi connectivity index (χ1n) is 5.48. The van der Waals surface area contributed by atoms with Crippen molar-refractivity contribution in [2.24, 2.45) is 0 Å². The summed E-state index contributed by atoms with van der Waals surface area (Å²) in [6.45, 7) is 5.62. The highest BCUT2D eigenvalue weighted by Gasteiger charge is 2.09. The van der Waals surface area contributed by atoms with Gasteiger partial charge in [-0.1, -0.05) is 6.08 Å². The van der Waals surface area contributed by atoms with Crippen LogP contribution < -0.4 is 4.74 Å². The number of carbonyl (C=O) groups excluding carboxylic acids is 1. The maximum absolute atomic E-state index is 11.4. The number of rotatable bonds is 6. The molecule has 0 aliphatic rings. The van der Waals surface area contributed by atoms with Gasteiger partial charge in [0.05, 0.1) is 23.8 Å². The largest absolute Gasteiger partial charge is 0.493 e. The van der Waals surface area contributed by atoms with Crippen molar-refractivity contribution in [2.75, 3.05) is 6.61 Å².